The molecule has 1 aliphatic heterocycles. The fourth-order valence-electron chi connectivity index (χ4n) is 3.46. The second-order valence-electron chi connectivity index (χ2n) is 6.77. The summed E-state index contributed by atoms with van der Waals surface area (Å²) in [6.45, 7) is 6.26. The number of nitrogens with zero attached hydrogens (tertiary/aromatic N) is 4. The molecule has 0 aliphatic carbocycles. The molecule has 0 radical (unpaired) electrons. The van der Waals surface area contributed by atoms with Crippen molar-refractivity contribution in [3.63, 3.8) is 0 Å². The van der Waals surface area contributed by atoms with Crippen molar-refractivity contribution < 1.29 is 9.59 Å². The smallest absolute Gasteiger partial charge is 0.236 e. The molecular weight excluding hydrogens is 318 g/mol. The standard InChI is InChI=1S/C18H25N5O2/c1-13(2)22-10-9-21(12-16(22)18(19)25)17(24)7-8-23-15-6-4-3-5-14(15)11-20-23/h3-6,11,13,16H,7-10,12H2,1-2H3,(H2,19,25)/t16-/m0/s1. The Bertz CT molecular complexity index is 770. The Labute approximate surface area is 147 Å². The molecular formula is C18H25N5O2. The monoisotopic (exact) mass is 343 g/mol. The number of aryl methyl sites for hydroxylation is 1. The van der Waals surface area contributed by atoms with Gasteiger partial charge in [0.1, 0.15) is 6.04 Å². The number of benzene rings is 1. The number of rotatable bonds is 5. The number of hydrogen-bond acceptors (Lipinski definition) is 4. The van der Waals surface area contributed by atoms with Gasteiger partial charge in [-0.2, -0.15) is 5.10 Å². The fraction of sp³-hybridized carbons (Fsp3) is 0.500. The van der Waals surface area contributed by atoms with E-state index in [4.69, 9.17) is 5.73 Å². The van der Waals surface area contributed by atoms with Gasteiger partial charge in [-0.05, 0) is 19.9 Å². The molecule has 134 valence electrons. The molecule has 0 unspecified atom stereocenters. The molecule has 1 aromatic carbocycles. The quantitative estimate of drug-likeness (QED) is 0.872. The molecule has 7 heteroatoms. The summed E-state index contributed by atoms with van der Waals surface area (Å²) < 4.78 is 1.85. The fourth-order valence-corrected chi connectivity index (χ4v) is 3.46. The average Bonchev–Trinajstić information content (AvgIpc) is 3.02. The predicted octanol–water partition coefficient (Wildman–Crippen LogP) is 0.833. The maximum Gasteiger partial charge on any atom is 0.236 e. The molecule has 2 heterocycles. The van der Waals surface area contributed by atoms with E-state index in [2.05, 4.69) is 10.00 Å². The van der Waals surface area contributed by atoms with Crippen molar-refractivity contribution in [3.05, 3.63) is 30.5 Å². The van der Waals surface area contributed by atoms with Crippen LogP contribution in [0.25, 0.3) is 10.9 Å². The van der Waals surface area contributed by atoms with Crippen LogP contribution in [0.1, 0.15) is 20.3 Å². The summed E-state index contributed by atoms with van der Waals surface area (Å²) in [5.74, 6) is -0.335. The number of aromatic nitrogens is 2. The van der Waals surface area contributed by atoms with E-state index in [0.29, 0.717) is 32.6 Å². The van der Waals surface area contributed by atoms with Gasteiger partial charge in [0.05, 0.1) is 18.3 Å². The SMILES string of the molecule is CC(C)N1CCN(C(=O)CCn2ncc3ccccc32)C[C@H]1C(N)=O. The summed E-state index contributed by atoms with van der Waals surface area (Å²) >= 11 is 0. The molecule has 25 heavy (non-hydrogen) atoms. The first-order chi connectivity index (χ1) is 12.0. The lowest BCUT2D eigenvalue weighted by Gasteiger charge is -2.42. The molecule has 1 atom stereocenters. The Kier molecular flexibility index (Phi) is 5.03. The van der Waals surface area contributed by atoms with Crippen molar-refractivity contribution in [3.8, 4) is 0 Å². The molecule has 0 saturated carbocycles. The van der Waals surface area contributed by atoms with Crippen molar-refractivity contribution in [2.75, 3.05) is 19.6 Å². The summed E-state index contributed by atoms with van der Waals surface area (Å²) in [6.07, 6.45) is 2.17. The van der Waals surface area contributed by atoms with E-state index in [1.54, 1.807) is 4.90 Å². The van der Waals surface area contributed by atoms with Crippen LogP contribution in [-0.4, -0.2) is 63.1 Å². The first-order valence-corrected chi connectivity index (χ1v) is 8.70. The van der Waals surface area contributed by atoms with Gasteiger partial charge in [0, 0.05) is 37.5 Å². The van der Waals surface area contributed by atoms with Crippen molar-refractivity contribution in [2.24, 2.45) is 5.73 Å². The second kappa shape index (κ2) is 7.23. The Morgan fingerprint density at radius 3 is 2.76 bits per heavy atom. The maximum atomic E-state index is 12.6. The molecule has 7 nitrogen and oxygen atoms in total. The number of nitrogens with two attached hydrogens (primary N) is 1. The van der Waals surface area contributed by atoms with Crippen LogP contribution in [0, 0.1) is 0 Å². The molecule has 3 rings (SSSR count). The Balaban J connectivity index is 1.62. The second-order valence-corrected chi connectivity index (χ2v) is 6.77. The van der Waals surface area contributed by atoms with Gasteiger partial charge in [0.2, 0.25) is 11.8 Å². The highest BCUT2D eigenvalue weighted by atomic mass is 16.2. The Morgan fingerprint density at radius 1 is 1.28 bits per heavy atom. The summed E-state index contributed by atoms with van der Waals surface area (Å²) in [5.41, 5.74) is 6.56. The van der Waals surface area contributed by atoms with Crippen LogP contribution in [0.3, 0.4) is 0 Å². The number of carbonyl (C=O) groups is 2. The lowest BCUT2D eigenvalue weighted by molar-refractivity contribution is -0.138. The molecule has 2 aromatic rings. The van der Waals surface area contributed by atoms with Gasteiger partial charge in [0.15, 0.2) is 0 Å². The zero-order valence-corrected chi connectivity index (χ0v) is 14.8. The van der Waals surface area contributed by atoms with Gasteiger partial charge < -0.3 is 10.6 Å². The van der Waals surface area contributed by atoms with Crippen LogP contribution >= 0.6 is 0 Å². The molecule has 1 aliphatic rings. The zero-order chi connectivity index (χ0) is 18.0. The van der Waals surface area contributed by atoms with Crippen molar-refractivity contribution in [1.82, 2.24) is 19.6 Å². The normalized spacial score (nSPS) is 18.8. The van der Waals surface area contributed by atoms with Crippen LogP contribution in [0.4, 0.5) is 0 Å². The van der Waals surface area contributed by atoms with Crippen LogP contribution in [0.2, 0.25) is 0 Å². The lowest BCUT2D eigenvalue weighted by Crippen LogP contribution is -2.61. The third-order valence-corrected chi connectivity index (χ3v) is 4.85. The van der Waals surface area contributed by atoms with E-state index in [9.17, 15) is 9.59 Å². The number of amides is 2. The number of carbonyl (C=O) groups excluding carboxylic acids is 2. The number of fused-ring (bicyclic) bond motifs is 1. The molecule has 0 bridgehead atoms. The van der Waals surface area contributed by atoms with E-state index < -0.39 is 6.04 Å². The molecule has 2 N–H and O–H groups in total. The Hall–Kier alpha value is -2.41. The summed E-state index contributed by atoms with van der Waals surface area (Å²) in [4.78, 5) is 28.2. The third kappa shape index (κ3) is 3.66. The minimum absolute atomic E-state index is 0.0363. The summed E-state index contributed by atoms with van der Waals surface area (Å²) in [7, 11) is 0. The van der Waals surface area contributed by atoms with E-state index in [1.165, 1.54) is 0 Å². The topological polar surface area (TPSA) is 84.5 Å². The lowest BCUT2D eigenvalue weighted by atomic mass is 10.1. The van der Waals surface area contributed by atoms with Gasteiger partial charge in [-0.25, -0.2) is 0 Å². The van der Waals surface area contributed by atoms with Crippen molar-refractivity contribution in [2.45, 2.75) is 38.9 Å². The van der Waals surface area contributed by atoms with Crippen LogP contribution in [0.5, 0.6) is 0 Å². The van der Waals surface area contributed by atoms with Gasteiger partial charge in [-0.3, -0.25) is 19.2 Å². The minimum Gasteiger partial charge on any atom is -0.368 e. The highest BCUT2D eigenvalue weighted by Gasteiger charge is 2.34. The zero-order valence-electron chi connectivity index (χ0n) is 14.8. The maximum absolute atomic E-state index is 12.6. The van der Waals surface area contributed by atoms with Crippen LogP contribution in [-0.2, 0) is 16.1 Å². The Morgan fingerprint density at radius 2 is 2.04 bits per heavy atom. The van der Waals surface area contributed by atoms with Crippen LogP contribution < -0.4 is 5.73 Å². The van der Waals surface area contributed by atoms with Crippen molar-refractivity contribution in [1.29, 1.82) is 0 Å². The third-order valence-electron chi connectivity index (χ3n) is 4.85. The first kappa shape index (κ1) is 17.4. The summed E-state index contributed by atoms with van der Waals surface area (Å²) in [6, 6.07) is 7.75. The highest BCUT2D eigenvalue weighted by Crippen LogP contribution is 2.16. The van der Waals surface area contributed by atoms with Crippen LogP contribution in [0.15, 0.2) is 30.5 Å². The molecule has 1 aromatic heterocycles. The van der Waals surface area contributed by atoms with Gasteiger partial charge in [-0.1, -0.05) is 18.2 Å². The van der Waals surface area contributed by atoms with Crippen molar-refractivity contribution >= 4 is 22.7 Å². The average molecular weight is 343 g/mol. The molecule has 2 amide bonds. The van der Waals surface area contributed by atoms with E-state index in [1.807, 2.05) is 49.0 Å². The first-order valence-electron chi connectivity index (χ1n) is 8.70. The number of hydrogen-bond donors (Lipinski definition) is 1. The molecule has 0 spiro atoms. The van der Waals surface area contributed by atoms with E-state index in [-0.39, 0.29) is 17.9 Å². The minimum atomic E-state index is -0.414. The summed E-state index contributed by atoms with van der Waals surface area (Å²) in [5, 5.41) is 5.42. The molecule has 1 fully saturated rings. The number of piperazine rings is 1. The molecule has 1 saturated heterocycles. The van der Waals surface area contributed by atoms with Gasteiger partial charge >= 0.3 is 0 Å². The highest BCUT2D eigenvalue weighted by molar-refractivity contribution is 5.83. The van der Waals surface area contributed by atoms with Gasteiger partial charge in [-0.15, -0.1) is 0 Å². The number of para-hydroxylation sites is 1. The largest absolute Gasteiger partial charge is 0.368 e. The van der Waals surface area contributed by atoms with E-state index >= 15 is 0 Å². The van der Waals surface area contributed by atoms with Gasteiger partial charge in [0.25, 0.3) is 0 Å². The van der Waals surface area contributed by atoms with E-state index in [0.717, 1.165) is 10.9 Å². The number of primary amides is 1. The predicted molar refractivity (Wildman–Crippen MR) is 95.8 cm³/mol.